The zero-order valence-corrected chi connectivity index (χ0v) is 8.14. The topological polar surface area (TPSA) is 46.8 Å². The molecule has 0 N–H and O–H groups in total. The van der Waals surface area contributed by atoms with Gasteiger partial charge in [0, 0.05) is 20.1 Å². The Hall–Kier alpha value is -1.13. The summed E-state index contributed by atoms with van der Waals surface area (Å²) in [5, 5.41) is 11.5. The maximum absolute atomic E-state index is 3.99. The zero-order chi connectivity index (χ0) is 9.26. The van der Waals surface area contributed by atoms with Crippen LogP contribution in [0.25, 0.3) is 0 Å². The van der Waals surface area contributed by atoms with Crippen molar-refractivity contribution in [3.8, 4) is 0 Å². The molecule has 0 spiro atoms. The van der Waals surface area contributed by atoms with Crippen molar-refractivity contribution in [1.29, 1.82) is 0 Å². The third kappa shape index (κ3) is 1.50. The van der Waals surface area contributed by atoms with E-state index in [-0.39, 0.29) is 0 Å². The van der Waals surface area contributed by atoms with Crippen LogP contribution in [-0.2, 0) is 7.05 Å². The Balaban J connectivity index is 2.08. The summed E-state index contributed by atoms with van der Waals surface area (Å²) in [6.07, 6.45) is 2.52. The van der Waals surface area contributed by atoms with E-state index >= 15 is 0 Å². The van der Waals surface area contributed by atoms with Gasteiger partial charge in [-0.1, -0.05) is 18.4 Å². The highest BCUT2D eigenvalue weighted by molar-refractivity contribution is 5.29. The van der Waals surface area contributed by atoms with Gasteiger partial charge >= 0.3 is 0 Å². The molecule has 1 fully saturated rings. The van der Waals surface area contributed by atoms with Crippen molar-refractivity contribution in [1.82, 2.24) is 20.2 Å². The van der Waals surface area contributed by atoms with E-state index in [1.807, 2.05) is 7.05 Å². The van der Waals surface area contributed by atoms with Crippen molar-refractivity contribution >= 4 is 5.95 Å². The van der Waals surface area contributed by atoms with Crippen LogP contribution in [0, 0.1) is 5.92 Å². The second kappa shape index (κ2) is 3.32. The smallest absolute Gasteiger partial charge is 0.245 e. The van der Waals surface area contributed by atoms with Crippen molar-refractivity contribution in [2.24, 2.45) is 13.0 Å². The minimum absolute atomic E-state index is 0.816. The summed E-state index contributed by atoms with van der Waals surface area (Å²) in [6, 6.07) is 0. The van der Waals surface area contributed by atoms with Gasteiger partial charge in [0.25, 0.3) is 0 Å². The monoisotopic (exact) mass is 181 g/mol. The fraction of sp³-hybridized carbons (Fsp3) is 0.875. The molecule has 0 aliphatic carbocycles. The van der Waals surface area contributed by atoms with Crippen LogP contribution in [0.3, 0.4) is 0 Å². The maximum Gasteiger partial charge on any atom is 0.245 e. The van der Waals surface area contributed by atoms with Crippen molar-refractivity contribution in [2.45, 2.75) is 19.8 Å². The maximum atomic E-state index is 3.99. The second-order valence-corrected chi connectivity index (χ2v) is 3.61. The first kappa shape index (κ1) is 8.47. The number of tetrazole rings is 1. The molecule has 0 aromatic carbocycles. The predicted molar refractivity (Wildman–Crippen MR) is 49.4 cm³/mol. The molecule has 13 heavy (non-hydrogen) atoms. The molecule has 1 aliphatic heterocycles. The SMILES string of the molecule is CCC1CCN(c2nnnn2C)C1. The van der Waals surface area contributed by atoms with Gasteiger partial charge in [0.15, 0.2) is 0 Å². The Morgan fingerprint density at radius 1 is 1.54 bits per heavy atom. The van der Waals surface area contributed by atoms with Gasteiger partial charge in [-0.05, 0) is 22.8 Å². The normalized spacial score (nSPS) is 22.6. The van der Waals surface area contributed by atoms with Crippen molar-refractivity contribution in [2.75, 3.05) is 18.0 Å². The van der Waals surface area contributed by atoms with Gasteiger partial charge < -0.3 is 4.90 Å². The molecule has 1 aromatic heterocycles. The standard InChI is InChI=1S/C8H15N5/c1-3-7-4-5-13(6-7)8-9-10-11-12(8)2/h7H,3-6H2,1-2H3. The molecule has 0 radical (unpaired) electrons. The molecule has 1 atom stereocenters. The van der Waals surface area contributed by atoms with E-state index in [1.54, 1.807) is 4.68 Å². The minimum atomic E-state index is 0.816. The van der Waals surface area contributed by atoms with Gasteiger partial charge in [0.2, 0.25) is 5.95 Å². The number of anilines is 1. The largest absolute Gasteiger partial charge is 0.339 e. The summed E-state index contributed by atoms with van der Waals surface area (Å²) in [5.41, 5.74) is 0. The van der Waals surface area contributed by atoms with Crippen molar-refractivity contribution < 1.29 is 0 Å². The van der Waals surface area contributed by atoms with Gasteiger partial charge in [-0.2, -0.15) is 0 Å². The Labute approximate surface area is 77.7 Å². The van der Waals surface area contributed by atoms with Gasteiger partial charge in [0.05, 0.1) is 0 Å². The first-order chi connectivity index (χ1) is 6.31. The molecule has 1 aliphatic rings. The van der Waals surface area contributed by atoms with E-state index in [2.05, 4.69) is 27.3 Å². The zero-order valence-electron chi connectivity index (χ0n) is 8.14. The third-order valence-corrected chi connectivity index (χ3v) is 2.74. The lowest BCUT2D eigenvalue weighted by Gasteiger charge is -2.14. The molecule has 1 unspecified atom stereocenters. The van der Waals surface area contributed by atoms with Crippen LogP contribution in [0.2, 0.25) is 0 Å². The summed E-state index contributed by atoms with van der Waals surface area (Å²) in [7, 11) is 1.88. The highest BCUT2D eigenvalue weighted by Gasteiger charge is 2.24. The Bertz CT molecular complexity index is 282. The summed E-state index contributed by atoms with van der Waals surface area (Å²) >= 11 is 0. The van der Waals surface area contributed by atoms with Gasteiger partial charge in [-0.25, -0.2) is 4.68 Å². The lowest BCUT2D eigenvalue weighted by atomic mass is 10.1. The number of nitrogens with zero attached hydrogens (tertiary/aromatic N) is 5. The summed E-state index contributed by atoms with van der Waals surface area (Å²) < 4.78 is 1.73. The Kier molecular flexibility index (Phi) is 2.16. The van der Waals surface area contributed by atoms with Crippen LogP contribution in [0.1, 0.15) is 19.8 Å². The third-order valence-electron chi connectivity index (χ3n) is 2.74. The number of hydrogen-bond acceptors (Lipinski definition) is 4. The molecule has 1 aromatic rings. The fourth-order valence-corrected chi connectivity index (χ4v) is 1.84. The lowest BCUT2D eigenvalue weighted by molar-refractivity contribution is 0.567. The average molecular weight is 181 g/mol. The highest BCUT2D eigenvalue weighted by atomic mass is 15.6. The second-order valence-electron chi connectivity index (χ2n) is 3.61. The van der Waals surface area contributed by atoms with Gasteiger partial charge in [-0.3, -0.25) is 0 Å². The first-order valence-electron chi connectivity index (χ1n) is 4.78. The first-order valence-corrected chi connectivity index (χ1v) is 4.78. The quantitative estimate of drug-likeness (QED) is 0.664. The van der Waals surface area contributed by atoms with Crippen molar-refractivity contribution in [3.63, 3.8) is 0 Å². The molecule has 5 heteroatoms. The van der Waals surface area contributed by atoms with Crippen molar-refractivity contribution in [3.05, 3.63) is 0 Å². The van der Waals surface area contributed by atoms with E-state index in [9.17, 15) is 0 Å². The molecule has 72 valence electrons. The molecule has 5 nitrogen and oxygen atoms in total. The fourth-order valence-electron chi connectivity index (χ4n) is 1.84. The number of aryl methyl sites for hydroxylation is 1. The molecule has 2 heterocycles. The molecular weight excluding hydrogens is 166 g/mol. The molecule has 0 bridgehead atoms. The molecule has 0 saturated carbocycles. The molecule has 0 amide bonds. The van der Waals surface area contributed by atoms with Crippen LogP contribution in [-0.4, -0.2) is 33.3 Å². The van der Waals surface area contributed by atoms with Crippen LogP contribution < -0.4 is 4.90 Å². The average Bonchev–Trinajstić information content (AvgIpc) is 2.71. The number of aromatic nitrogens is 4. The summed E-state index contributed by atoms with van der Waals surface area (Å²) in [5.74, 6) is 1.72. The van der Waals surface area contributed by atoms with E-state index < -0.39 is 0 Å². The van der Waals surface area contributed by atoms with Crippen LogP contribution in [0.5, 0.6) is 0 Å². The number of rotatable bonds is 2. The molecular formula is C8H15N5. The van der Waals surface area contributed by atoms with Gasteiger partial charge in [-0.15, -0.1) is 0 Å². The van der Waals surface area contributed by atoms with Crippen LogP contribution in [0.15, 0.2) is 0 Å². The van der Waals surface area contributed by atoms with E-state index in [4.69, 9.17) is 0 Å². The number of hydrogen-bond donors (Lipinski definition) is 0. The Morgan fingerprint density at radius 3 is 2.92 bits per heavy atom. The van der Waals surface area contributed by atoms with E-state index in [0.29, 0.717) is 0 Å². The van der Waals surface area contributed by atoms with Gasteiger partial charge in [0.1, 0.15) is 0 Å². The van der Waals surface area contributed by atoms with E-state index in [0.717, 1.165) is 25.0 Å². The highest BCUT2D eigenvalue weighted by Crippen LogP contribution is 2.22. The summed E-state index contributed by atoms with van der Waals surface area (Å²) in [4.78, 5) is 2.26. The summed E-state index contributed by atoms with van der Waals surface area (Å²) in [6.45, 7) is 4.43. The van der Waals surface area contributed by atoms with Crippen LogP contribution in [0.4, 0.5) is 5.95 Å². The minimum Gasteiger partial charge on any atom is -0.339 e. The molecule has 2 rings (SSSR count). The predicted octanol–water partition coefficient (Wildman–Crippen LogP) is 0.446. The van der Waals surface area contributed by atoms with Crippen LogP contribution >= 0.6 is 0 Å². The van der Waals surface area contributed by atoms with E-state index in [1.165, 1.54) is 12.8 Å². The molecule has 1 saturated heterocycles. The lowest BCUT2D eigenvalue weighted by Crippen LogP contribution is -2.23. The Morgan fingerprint density at radius 2 is 2.38 bits per heavy atom.